The van der Waals surface area contributed by atoms with Crippen molar-refractivity contribution in [3.05, 3.63) is 59.9 Å². The monoisotopic (exact) mass is 408 g/mol. The zero-order valence-corrected chi connectivity index (χ0v) is 16.4. The first kappa shape index (κ1) is 20.7. The summed E-state index contributed by atoms with van der Waals surface area (Å²) in [6.07, 6.45) is 1.38. The molecule has 8 heteroatoms. The molecule has 0 unspecified atom stereocenters. The molecular formula is C20H25FN2O4S. The van der Waals surface area contributed by atoms with Crippen LogP contribution in [0.15, 0.2) is 53.4 Å². The molecule has 0 atom stereocenters. The van der Waals surface area contributed by atoms with Crippen LogP contribution in [0, 0.1) is 5.82 Å². The van der Waals surface area contributed by atoms with Gasteiger partial charge in [0.05, 0.1) is 11.5 Å². The van der Waals surface area contributed by atoms with Gasteiger partial charge < -0.3 is 9.84 Å². The molecule has 3 rings (SSSR count). The molecule has 1 saturated heterocycles. The van der Waals surface area contributed by atoms with Crippen LogP contribution in [0.25, 0.3) is 0 Å². The Kier molecular flexibility index (Phi) is 7.01. The van der Waals surface area contributed by atoms with Crippen LogP contribution in [0.4, 0.5) is 4.39 Å². The highest BCUT2D eigenvalue weighted by Gasteiger charge is 2.25. The van der Waals surface area contributed by atoms with Gasteiger partial charge in [0.1, 0.15) is 18.2 Å². The Hall–Kier alpha value is -2.00. The van der Waals surface area contributed by atoms with Gasteiger partial charge in [-0.3, -0.25) is 4.90 Å². The SMILES string of the molecule is O=S(=O)(NC1CCN(Cc2cccc(OCCO)c2)CC1)c1cccc(F)c1. The Morgan fingerprint density at radius 2 is 1.89 bits per heavy atom. The molecule has 0 spiro atoms. The molecule has 0 amide bonds. The van der Waals surface area contributed by atoms with Crippen LogP contribution in [0.3, 0.4) is 0 Å². The maximum absolute atomic E-state index is 13.3. The first-order valence-corrected chi connectivity index (χ1v) is 10.8. The Morgan fingerprint density at radius 3 is 2.61 bits per heavy atom. The first-order valence-electron chi connectivity index (χ1n) is 9.29. The maximum atomic E-state index is 13.3. The molecule has 1 heterocycles. The quantitative estimate of drug-likeness (QED) is 0.700. The summed E-state index contributed by atoms with van der Waals surface area (Å²) in [5.41, 5.74) is 1.11. The number of likely N-dealkylation sites (tertiary alicyclic amines) is 1. The second kappa shape index (κ2) is 9.47. The van der Waals surface area contributed by atoms with E-state index in [0.29, 0.717) is 12.8 Å². The van der Waals surface area contributed by atoms with Gasteiger partial charge >= 0.3 is 0 Å². The van der Waals surface area contributed by atoms with E-state index in [-0.39, 0.29) is 24.2 Å². The van der Waals surface area contributed by atoms with Crippen molar-refractivity contribution in [2.45, 2.75) is 30.3 Å². The molecule has 0 saturated carbocycles. The smallest absolute Gasteiger partial charge is 0.240 e. The minimum Gasteiger partial charge on any atom is -0.491 e. The highest BCUT2D eigenvalue weighted by atomic mass is 32.2. The van der Waals surface area contributed by atoms with E-state index in [4.69, 9.17) is 9.84 Å². The minimum absolute atomic E-state index is 0.0245. The summed E-state index contributed by atoms with van der Waals surface area (Å²) in [5, 5.41) is 8.85. The van der Waals surface area contributed by atoms with E-state index in [9.17, 15) is 12.8 Å². The summed E-state index contributed by atoms with van der Waals surface area (Å²) in [7, 11) is -3.72. The van der Waals surface area contributed by atoms with E-state index in [1.807, 2.05) is 24.3 Å². The third-order valence-electron chi connectivity index (χ3n) is 4.68. The van der Waals surface area contributed by atoms with Crippen molar-refractivity contribution >= 4 is 10.0 Å². The van der Waals surface area contributed by atoms with Crippen molar-refractivity contribution in [2.75, 3.05) is 26.3 Å². The normalized spacial score (nSPS) is 16.2. The highest BCUT2D eigenvalue weighted by Crippen LogP contribution is 2.19. The zero-order valence-electron chi connectivity index (χ0n) is 15.6. The van der Waals surface area contributed by atoms with E-state index in [1.54, 1.807) is 0 Å². The average molecular weight is 408 g/mol. The molecule has 152 valence electrons. The van der Waals surface area contributed by atoms with Gasteiger partial charge in [0.15, 0.2) is 0 Å². The molecule has 1 fully saturated rings. The molecule has 1 aliphatic heterocycles. The number of aliphatic hydroxyl groups is 1. The van der Waals surface area contributed by atoms with Gasteiger partial charge in [0.25, 0.3) is 0 Å². The van der Waals surface area contributed by atoms with Crippen molar-refractivity contribution in [1.29, 1.82) is 0 Å². The van der Waals surface area contributed by atoms with Crippen molar-refractivity contribution in [2.24, 2.45) is 0 Å². The van der Waals surface area contributed by atoms with E-state index in [2.05, 4.69) is 9.62 Å². The molecule has 0 bridgehead atoms. The molecule has 1 aliphatic rings. The van der Waals surface area contributed by atoms with E-state index < -0.39 is 15.8 Å². The summed E-state index contributed by atoms with van der Waals surface area (Å²) in [4.78, 5) is 2.22. The number of ether oxygens (including phenoxy) is 1. The molecule has 28 heavy (non-hydrogen) atoms. The molecule has 0 aliphatic carbocycles. The van der Waals surface area contributed by atoms with Crippen LogP contribution in [-0.4, -0.2) is 50.8 Å². The molecule has 0 radical (unpaired) electrons. The third-order valence-corrected chi connectivity index (χ3v) is 6.20. The number of nitrogens with one attached hydrogen (secondary N) is 1. The summed E-state index contributed by atoms with van der Waals surface area (Å²) in [6.45, 7) is 2.51. The molecule has 6 nitrogen and oxygen atoms in total. The lowest BCUT2D eigenvalue weighted by Crippen LogP contribution is -2.44. The number of hydrogen-bond acceptors (Lipinski definition) is 5. The van der Waals surface area contributed by atoms with Crippen LogP contribution in [0.5, 0.6) is 5.75 Å². The first-order chi connectivity index (χ1) is 13.5. The Balaban J connectivity index is 1.52. The highest BCUT2D eigenvalue weighted by molar-refractivity contribution is 7.89. The number of halogens is 1. The molecule has 0 aromatic heterocycles. The number of sulfonamides is 1. The van der Waals surface area contributed by atoms with Crippen LogP contribution < -0.4 is 9.46 Å². The van der Waals surface area contributed by atoms with Gasteiger partial charge in [-0.2, -0.15) is 0 Å². The molecule has 2 aromatic carbocycles. The number of benzene rings is 2. The Labute approximate surface area is 165 Å². The number of nitrogens with zero attached hydrogens (tertiary/aromatic N) is 1. The number of piperidine rings is 1. The van der Waals surface area contributed by atoms with Crippen LogP contribution in [0.2, 0.25) is 0 Å². The minimum atomic E-state index is -3.72. The van der Waals surface area contributed by atoms with Crippen LogP contribution in [0.1, 0.15) is 18.4 Å². The number of aliphatic hydroxyl groups excluding tert-OH is 1. The van der Waals surface area contributed by atoms with Crippen molar-refractivity contribution in [1.82, 2.24) is 9.62 Å². The van der Waals surface area contributed by atoms with Gasteiger partial charge in [-0.15, -0.1) is 0 Å². The molecular weight excluding hydrogens is 383 g/mol. The zero-order chi connectivity index (χ0) is 20.0. The van der Waals surface area contributed by atoms with Crippen molar-refractivity contribution in [3.8, 4) is 5.75 Å². The fourth-order valence-corrected chi connectivity index (χ4v) is 4.62. The number of rotatable bonds is 8. The van der Waals surface area contributed by atoms with Crippen molar-refractivity contribution < 1.29 is 22.7 Å². The largest absolute Gasteiger partial charge is 0.491 e. The fraction of sp³-hybridized carbons (Fsp3) is 0.400. The third kappa shape index (κ3) is 5.75. The van der Waals surface area contributed by atoms with Gasteiger partial charge in [-0.05, 0) is 48.7 Å². The lowest BCUT2D eigenvalue weighted by molar-refractivity contribution is 0.196. The van der Waals surface area contributed by atoms with Gasteiger partial charge in [-0.1, -0.05) is 18.2 Å². The summed E-state index contributed by atoms with van der Waals surface area (Å²) in [6, 6.07) is 12.6. The second-order valence-electron chi connectivity index (χ2n) is 6.85. The lowest BCUT2D eigenvalue weighted by Gasteiger charge is -2.32. The molecule has 2 aromatic rings. The predicted molar refractivity (Wildman–Crippen MR) is 104 cm³/mol. The Bertz CT molecular complexity index is 883. The van der Waals surface area contributed by atoms with E-state index in [1.165, 1.54) is 18.2 Å². The predicted octanol–water partition coefficient (Wildman–Crippen LogP) is 2.14. The summed E-state index contributed by atoms with van der Waals surface area (Å²) < 4.78 is 46.3. The van der Waals surface area contributed by atoms with Crippen LogP contribution >= 0.6 is 0 Å². The van der Waals surface area contributed by atoms with Gasteiger partial charge in [0, 0.05) is 25.7 Å². The topological polar surface area (TPSA) is 78.9 Å². The molecule has 2 N–H and O–H groups in total. The fourth-order valence-electron chi connectivity index (χ4n) is 3.29. The van der Waals surface area contributed by atoms with Crippen molar-refractivity contribution in [3.63, 3.8) is 0 Å². The van der Waals surface area contributed by atoms with Gasteiger partial charge in [0.2, 0.25) is 10.0 Å². The van der Waals surface area contributed by atoms with E-state index in [0.717, 1.165) is 37.0 Å². The Morgan fingerprint density at radius 1 is 1.14 bits per heavy atom. The maximum Gasteiger partial charge on any atom is 0.240 e. The van der Waals surface area contributed by atoms with Gasteiger partial charge in [-0.25, -0.2) is 17.5 Å². The van der Waals surface area contributed by atoms with E-state index >= 15 is 0 Å². The standard InChI is InChI=1S/C20H25FN2O4S/c21-17-4-2-6-20(14-17)28(25,26)22-18-7-9-23(10-8-18)15-16-3-1-5-19(13-16)27-12-11-24/h1-6,13-14,18,22,24H,7-12,15H2. The average Bonchev–Trinajstić information content (AvgIpc) is 2.68. The summed E-state index contributed by atoms with van der Waals surface area (Å²) >= 11 is 0. The number of hydrogen-bond donors (Lipinski definition) is 2. The van der Waals surface area contributed by atoms with Crippen LogP contribution in [-0.2, 0) is 16.6 Å². The summed E-state index contributed by atoms with van der Waals surface area (Å²) in [5.74, 6) is 0.159. The lowest BCUT2D eigenvalue weighted by atomic mass is 10.1. The second-order valence-corrected chi connectivity index (χ2v) is 8.56.